The Morgan fingerprint density at radius 2 is 1.84 bits per heavy atom. The normalized spacial score (nSPS) is 10.6. The van der Waals surface area contributed by atoms with Crippen LogP contribution in [0.2, 0.25) is 0 Å². The van der Waals surface area contributed by atoms with Crippen molar-refractivity contribution in [2.24, 2.45) is 5.92 Å². The number of nitrogens with one attached hydrogen (secondary N) is 2. The summed E-state index contributed by atoms with van der Waals surface area (Å²) in [4.78, 5) is 11.9. The smallest absolute Gasteiger partial charge is 0.224 e. The Bertz CT molecular complexity index is 683. The first-order valence-electron chi connectivity index (χ1n) is 8.92. The largest absolute Gasteiger partial charge is 0.494 e. The van der Waals surface area contributed by atoms with Crippen molar-refractivity contribution < 1.29 is 9.53 Å². The second kappa shape index (κ2) is 9.72. The van der Waals surface area contributed by atoms with Gasteiger partial charge in [0.2, 0.25) is 5.91 Å². The predicted molar refractivity (Wildman–Crippen MR) is 104 cm³/mol. The van der Waals surface area contributed by atoms with Crippen molar-refractivity contribution >= 4 is 17.3 Å². The van der Waals surface area contributed by atoms with Crippen molar-refractivity contribution in [3.05, 3.63) is 54.1 Å². The summed E-state index contributed by atoms with van der Waals surface area (Å²) in [6.07, 6.45) is 1.53. The summed E-state index contributed by atoms with van der Waals surface area (Å²) in [5.41, 5.74) is 2.95. The van der Waals surface area contributed by atoms with Crippen LogP contribution < -0.4 is 15.4 Å². The van der Waals surface area contributed by atoms with E-state index in [4.69, 9.17) is 4.74 Å². The molecule has 134 valence electrons. The van der Waals surface area contributed by atoms with E-state index in [-0.39, 0.29) is 5.91 Å². The van der Waals surface area contributed by atoms with E-state index in [1.165, 1.54) is 0 Å². The molecule has 0 radical (unpaired) electrons. The zero-order valence-electron chi connectivity index (χ0n) is 15.3. The van der Waals surface area contributed by atoms with Gasteiger partial charge in [0.1, 0.15) is 5.75 Å². The minimum atomic E-state index is 0.0490. The first kappa shape index (κ1) is 18.8. The minimum Gasteiger partial charge on any atom is -0.494 e. The van der Waals surface area contributed by atoms with Gasteiger partial charge in [0.05, 0.1) is 6.61 Å². The lowest BCUT2D eigenvalue weighted by atomic mass is 10.1. The summed E-state index contributed by atoms with van der Waals surface area (Å²) >= 11 is 0. The number of benzene rings is 2. The third kappa shape index (κ3) is 6.87. The first-order chi connectivity index (χ1) is 12.1. The topological polar surface area (TPSA) is 50.4 Å². The quantitative estimate of drug-likeness (QED) is 0.670. The Hall–Kier alpha value is -2.49. The third-order valence-corrected chi connectivity index (χ3v) is 3.61. The highest BCUT2D eigenvalue weighted by Gasteiger charge is 2.05. The van der Waals surface area contributed by atoms with Gasteiger partial charge in [-0.2, -0.15) is 0 Å². The molecule has 0 spiro atoms. The molecular formula is C21H28N2O2. The number of carbonyl (C=O) groups excluding carboxylic acids is 1. The molecule has 0 aliphatic heterocycles. The van der Waals surface area contributed by atoms with Crippen LogP contribution in [-0.4, -0.2) is 12.5 Å². The van der Waals surface area contributed by atoms with E-state index in [1.807, 2.05) is 50.2 Å². The van der Waals surface area contributed by atoms with Gasteiger partial charge in [-0.3, -0.25) is 4.79 Å². The molecule has 2 rings (SSSR count). The molecular weight excluding hydrogens is 312 g/mol. The van der Waals surface area contributed by atoms with Crippen LogP contribution >= 0.6 is 0 Å². The molecule has 0 unspecified atom stereocenters. The maximum atomic E-state index is 11.9. The van der Waals surface area contributed by atoms with E-state index in [0.717, 1.165) is 35.7 Å². The molecule has 0 fully saturated rings. The van der Waals surface area contributed by atoms with Gasteiger partial charge in [-0.1, -0.05) is 39.0 Å². The Balaban J connectivity index is 1.92. The van der Waals surface area contributed by atoms with Crippen LogP contribution in [0.15, 0.2) is 48.5 Å². The van der Waals surface area contributed by atoms with Crippen LogP contribution in [0.4, 0.5) is 11.4 Å². The van der Waals surface area contributed by atoms with Gasteiger partial charge in [-0.25, -0.2) is 0 Å². The van der Waals surface area contributed by atoms with Crippen LogP contribution in [0.1, 0.15) is 39.2 Å². The molecule has 4 nitrogen and oxygen atoms in total. The van der Waals surface area contributed by atoms with Crippen molar-refractivity contribution in [3.63, 3.8) is 0 Å². The van der Waals surface area contributed by atoms with E-state index in [9.17, 15) is 4.79 Å². The summed E-state index contributed by atoms with van der Waals surface area (Å²) in [6.45, 7) is 7.60. The minimum absolute atomic E-state index is 0.0490. The van der Waals surface area contributed by atoms with E-state index in [2.05, 4.69) is 29.7 Å². The molecule has 1 amide bonds. The molecule has 0 saturated carbocycles. The molecule has 0 heterocycles. The molecule has 0 atom stereocenters. The number of rotatable bonds is 9. The number of anilines is 2. The SMILES string of the molecule is CCCOc1cccc(CNc2cccc(NC(=O)CC(C)C)c2)c1. The van der Waals surface area contributed by atoms with Crippen molar-refractivity contribution in [2.75, 3.05) is 17.2 Å². The number of hydrogen-bond donors (Lipinski definition) is 2. The second-order valence-corrected chi connectivity index (χ2v) is 6.58. The zero-order valence-corrected chi connectivity index (χ0v) is 15.3. The van der Waals surface area contributed by atoms with Gasteiger partial charge in [0.25, 0.3) is 0 Å². The van der Waals surface area contributed by atoms with Gasteiger partial charge >= 0.3 is 0 Å². The van der Waals surface area contributed by atoms with Crippen molar-refractivity contribution in [3.8, 4) is 5.75 Å². The average Bonchev–Trinajstić information content (AvgIpc) is 2.58. The maximum absolute atomic E-state index is 11.9. The van der Waals surface area contributed by atoms with Crippen LogP contribution in [0, 0.1) is 5.92 Å². The summed E-state index contributed by atoms with van der Waals surface area (Å²) in [5.74, 6) is 1.30. The van der Waals surface area contributed by atoms with E-state index in [0.29, 0.717) is 18.9 Å². The number of ether oxygens (including phenoxy) is 1. The van der Waals surface area contributed by atoms with E-state index >= 15 is 0 Å². The standard InChI is InChI=1S/C21H28N2O2/c1-4-11-25-20-10-5-7-17(13-20)15-22-18-8-6-9-19(14-18)23-21(24)12-16(2)3/h5-10,13-14,16,22H,4,11-12,15H2,1-3H3,(H,23,24). The molecule has 0 aliphatic carbocycles. The Labute approximate surface area is 150 Å². The molecule has 0 aliphatic rings. The van der Waals surface area contributed by atoms with Gasteiger partial charge in [-0.15, -0.1) is 0 Å². The average molecular weight is 340 g/mol. The molecule has 2 aromatic carbocycles. The van der Waals surface area contributed by atoms with E-state index < -0.39 is 0 Å². The van der Waals surface area contributed by atoms with Crippen LogP contribution in [0.25, 0.3) is 0 Å². The number of hydrogen-bond acceptors (Lipinski definition) is 3. The van der Waals surface area contributed by atoms with Crippen LogP contribution in [0.3, 0.4) is 0 Å². The lowest BCUT2D eigenvalue weighted by Gasteiger charge is -2.11. The summed E-state index contributed by atoms with van der Waals surface area (Å²) in [5, 5.41) is 6.34. The zero-order chi connectivity index (χ0) is 18.1. The Morgan fingerprint density at radius 3 is 2.60 bits per heavy atom. The van der Waals surface area contributed by atoms with Gasteiger partial charge in [-0.05, 0) is 48.2 Å². The van der Waals surface area contributed by atoms with Gasteiger partial charge < -0.3 is 15.4 Å². The fourth-order valence-corrected chi connectivity index (χ4v) is 2.46. The van der Waals surface area contributed by atoms with Crippen molar-refractivity contribution in [1.82, 2.24) is 0 Å². The number of carbonyl (C=O) groups is 1. The van der Waals surface area contributed by atoms with Gasteiger partial charge in [0.15, 0.2) is 0 Å². The first-order valence-corrected chi connectivity index (χ1v) is 8.92. The van der Waals surface area contributed by atoms with Crippen LogP contribution in [0.5, 0.6) is 5.75 Å². The van der Waals surface area contributed by atoms with Gasteiger partial charge in [0, 0.05) is 24.3 Å². The fraction of sp³-hybridized carbons (Fsp3) is 0.381. The molecule has 0 saturated heterocycles. The van der Waals surface area contributed by atoms with Crippen LogP contribution in [-0.2, 0) is 11.3 Å². The Kier molecular flexibility index (Phi) is 7.33. The monoisotopic (exact) mass is 340 g/mol. The van der Waals surface area contributed by atoms with E-state index in [1.54, 1.807) is 0 Å². The highest BCUT2D eigenvalue weighted by atomic mass is 16.5. The van der Waals surface area contributed by atoms with Crippen molar-refractivity contribution in [2.45, 2.75) is 40.2 Å². The summed E-state index contributed by atoms with van der Waals surface area (Å²) in [6, 6.07) is 15.9. The molecule has 0 aromatic heterocycles. The lowest BCUT2D eigenvalue weighted by Crippen LogP contribution is -2.13. The highest BCUT2D eigenvalue weighted by Crippen LogP contribution is 2.18. The summed E-state index contributed by atoms with van der Waals surface area (Å²) < 4.78 is 5.67. The maximum Gasteiger partial charge on any atom is 0.224 e. The lowest BCUT2D eigenvalue weighted by molar-refractivity contribution is -0.116. The molecule has 2 N–H and O–H groups in total. The molecule has 0 bridgehead atoms. The molecule has 25 heavy (non-hydrogen) atoms. The second-order valence-electron chi connectivity index (χ2n) is 6.58. The molecule has 4 heteroatoms. The Morgan fingerprint density at radius 1 is 1.08 bits per heavy atom. The fourth-order valence-electron chi connectivity index (χ4n) is 2.46. The predicted octanol–water partition coefficient (Wildman–Crippen LogP) is 5.07. The highest BCUT2D eigenvalue weighted by molar-refractivity contribution is 5.91. The third-order valence-electron chi connectivity index (χ3n) is 3.61. The number of amides is 1. The van der Waals surface area contributed by atoms with Crippen molar-refractivity contribution in [1.29, 1.82) is 0 Å². The summed E-state index contributed by atoms with van der Waals surface area (Å²) in [7, 11) is 0. The molecule has 2 aromatic rings.